The number of furan rings is 2. The Kier molecular flexibility index (Phi) is 6.80. The van der Waals surface area contributed by atoms with Crippen LogP contribution in [0.5, 0.6) is 0 Å². The largest absolute Gasteiger partial charge is 0.455 e. The van der Waals surface area contributed by atoms with Crippen molar-refractivity contribution in [2.75, 3.05) is 0 Å². The number of aromatic nitrogens is 2. The molecule has 242 valence electrons. The fourth-order valence-corrected chi connectivity index (χ4v) is 7.25. The Labute approximate surface area is 298 Å². The Hall–Kier alpha value is -7.29. The number of hydrogen-bond donors (Lipinski definition) is 0. The third-order valence-corrected chi connectivity index (χ3v) is 9.70. The van der Waals surface area contributed by atoms with E-state index in [1.54, 1.807) is 6.07 Å². The lowest BCUT2D eigenvalue weighted by molar-refractivity contribution is 0.670. The van der Waals surface area contributed by atoms with Crippen LogP contribution in [-0.4, -0.2) is 9.97 Å². The van der Waals surface area contributed by atoms with E-state index in [0.717, 1.165) is 94.2 Å². The second-order valence-corrected chi connectivity index (χ2v) is 12.9. The van der Waals surface area contributed by atoms with E-state index in [1.807, 2.05) is 91.0 Å². The molecule has 0 amide bonds. The van der Waals surface area contributed by atoms with E-state index in [-0.39, 0.29) is 0 Å². The Balaban J connectivity index is 1.26. The average molecular weight is 666 g/mol. The first-order chi connectivity index (χ1) is 25.7. The van der Waals surface area contributed by atoms with Crippen molar-refractivity contribution in [2.45, 2.75) is 0 Å². The van der Waals surface area contributed by atoms with Gasteiger partial charge in [-0.15, -0.1) is 0 Å². The van der Waals surface area contributed by atoms with Crippen LogP contribution in [0.4, 0.5) is 0 Å². The quantitative estimate of drug-likeness (QED) is 0.183. The third kappa shape index (κ3) is 4.93. The first-order valence-corrected chi connectivity index (χ1v) is 17.1. The Bertz CT molecular complexity index is 2910. The summed E-state index contributed by atoms with van der Waals surface area (Å²) >= 11 is 0. The Morgan fingerprint density at radius 3 is 1.52 bits per heavy atom. The minimum atomic E-state index is 0.565. The zero-order valence-electron chi connectivity index (χ0n) is 27.7. The van der Waals surface area contributed by atoms with Crippen LogP contribution in [-0.2, 0) is 0 Å². The lowest BCUT2D eigenvalue weighted by Gasteiger charge is -2.13. The van der Waals surface area contributed by atoms with E-state index >= 15 is 0 Å². The van der Waals surface area contributed by atoms with E-state index < -0.39 is 0 Å². The molecule has 5 heteroatoms. The van der Waals surface area contributed by atoms with Crippen LogP contribution in [0.25, 0.3) is 100 Å². The molecule has 0 spiro atoms. The van der Waals surface area contributed by atoms with E-state index in [1.165, 1.54) is 0 Å². The highest BCUT2D eigenvalue weighted by atomic mass is 16.3. The number of rotatable bonds is 5. The van der Waals surface area contributed by atoms with Gasteiger partial charge in [0.15, 0.2) is 5.82 Å². The number of hydrogen-bond acceptors (Lipinski definition) is 5. The van der Waals surface area contributed by atoms with Gasteiger partial charge in [0, 0.05) is 49.4 Å². The third-order valence-electron chi connectivity index (χ3n) is 9.70. The summed E-state index contributed by atoms with van der Waals surface area (Å²) in [5, 5.41) is 14.0. The van der Waals surface area contributed by atoms with Crippen LogP contribution in [0.2, 0.25) is 0 Å². The summed E-state index contributed by atoms with van der Waals surface area (Å²) in [6, 6.07) is 57.3. The van der Waals surface area contributed by atoms with Gasteiger partial charge in [-0.1, -0.05) is 115 Å². The molecule has 0 aliphatic rings. The molecule has 10 rings (SSSR count). The molecular weight excluding hydrogens is 639 g/mol. The molecule has 5 nitrogen and oxygen atoms in total. The fraction of sp³-hybridized carbons (Fsp3) is 0. The number of nitrogens with zero attached hydrogens (tertiary/aromatic N) is 3. The molecule has 0 fully saturated rings. The Morgan fingerprint density at radius 2 is 0.904 bits per heavy atom. The van der Waals surface area contributed by atoms with Gasteiger partial charge in [0.05, 0.1) is 23.0 Å². The molecule has 0 unspecified atom stereocenters. The van der Waals surface area contributed by atoms with Crippen LogP contribution in [0.3, 0.4) is 0 Å². The van der Waals surface area contributed by atoms with Crippen molar-refractivity contribution in [3.05, 3.63) is 169 Å². The van der Waals surface area contributed by atoms with E-state index in [2.05, 4.69) is 72.8 Å². The van der Waals surface area contributed by atoms with Gasteiger partial charge in [-0.3, -0.25) is 0 Å². The summed E-state index contributed by atoms with van der Waals surface area (Å²) in [5.41, 5.74) is 11.9. The molecule has 0 saturated heterocycles. The maximum absolute atomic E-state index is 9.70. The first kappa shape index (κ1) is 29.6. The zero-order chi connectivity index (χ0) is 34.6. The topological polar surface area (TPSA) is 75.8 Å². The van der Waals surface area contributed by atoms with Crippen molar-refractivity contribution in [1.82, 2.24) is 9.97 Å². The summed E-state index contributed by atoms with van der Waals surface area (Å²) in [5.74, 6) is 0.565. The number of para-hydroxylation sites is 4. The summed E-state index contributed by atoms with van der Waals surface area (Å²) < 4.78 is 13.1. The summed E-state index contributed by atoms with van der Waals surface area (Å²) in [4.78, 5) is 10.4. The lowest BCUT2D eigenvalue weighted by atomic mass is 9.93. The van der Waals surface area contributed by atoms with Crippen molar-refractivity contribution in [3.8, 4) is 62.2 Å². The van der Waals surface area contributed by atoms with Crippen LogP contribution in [0.15, 0.2) is 173 Å². The molecular formula is C47H27N3O2. The molecule has 0 N–H and O–H groups in total. The van der Waals surface area contributed by atoms with Crippen LogP contribution < -0.4 is 0 Å². The van der Waals surface area contributed by atoms with Crippen LogP contribution >= 0.6 is 0 Å². The highest BCUT2D eigenvalue weighted by molar-refractivity contribution is 6.11. The molecule has 0 bridgehead atoms. The van der Waals surface area contributed by atoms with Gasteiger partial charge in [-0.05, 0) is 59.7 Å². The SMILES string of the molecule is N#Cc1cccc(-c2cc(-c3ccccc3)nc(-c3cc(-c4cccc5c4oc4ccccc45)cc(-c4cccc5c4oc4ccccc45)c3)n2)c1. The first-order valence-electron chi connectivity index (χ1n) is 17.1. The van der Waals surface area contributed by atoms with Crippen molar-refractivity contribution >= 4 is 43.9 Å². The highest BCUT2D eigenvalue weighted by Crippen LogP contribution is 2.42. The second-order valence-electron chi connectivity index (χ2n) is 12.9. The molecule has 0 saturated carbocycles. The predicted molar refractivity (Wildman–Crippen MR) is 208 cm³/mol. The number of benzene rings is 7. The zero-order valence-corrected chi connectivity index (χ0v) is 27.7. The molecule has 0 atom stereocenters. The van der Waals surface area contributed by atoms with Crippen molar-refractivity contribution in [2.24, 2.45) is 0 Å². The van der Waals surface area contributed by atoms with E-state index in [4.69, 9.17) is 18.8 Å². The maximum Gasteiger partial charge on any atom is 0.160 e. The van der Waals surface area contributed by atoms with Crippen LogP contribution in [0.1, 0.15) is 5.56 Å². The van der Waals surface area contributed by atoms with Gasteiger partial charge < -0.3 is 8.83 Å². The van der Waals surface area contributed by atoms with E-state index in [9.17, 15) is 5.26 Å². The van der Waals surface area contributed by atoms with Gasteiger partial charge in [0.1, 0.15) is 22.3 Å². The summed E-state index contributed by atoms with van der Waals surface area (Å²) in [7, 11) is 0. The van der Waals surface area contributed by atoms with Crippen LogP contribution in [0, 0.1) is 11.3 Å². The summed E-state index contributed by atoms with van der Waals surface area (Å²) in [6.45, 7) is 0. The lowest BCUT2D eigenvalue weighted by Crippen LogP contribution is -1.97. The molecule has 52 heavy (non-hydrogen) atoms. The van der Waals surface area contributed by atoms with Gasteiger partial charge in [0.25, 0.3) is 0 Å². The molecule has 10 aromatic rings. The minimum Gasteiger partial charge on any atom is -0.455 e. The second kappa shape index (κ2) is 11.9. The molecule has 0 radical (unpaired) electrons. The van der Waals surface area contributed by atoms with E-state index in [0.29, 0.717) is 11.4 Å². The fourth-order valence-electron chi connectivity index (χ4n) is 7.25. The standard InChI is InChI=1S/C47H27N3O2/c48-28-29-11-8-14-31(23-29)42-27-41(30-12-2-1-3-13-30)49-47(50-42)34-25-32(35-17-9-19-39-37-15-4-6-21-43(37)51-45(35)39)24-33(26-34)36-18-10-20-40-38-16-5-7-22-44(38)52-46(36)40/h1-27H. The Morgan fingerprint density at radius 1 is 0.404 bits per heavy atom. The van der Waals surface area contributed by atoms with Gasteiger partial charge in [-0.25, -0.2) is 9.97 Å². The minimum absolute atomic E-state index is 0.565. The number of fused-ring (bicyclic) bond motifs is 6. The van der Waals surface area contributed by atoms with Gasteiger partial charge >= 0.3 is 0 Å². The molecule has 7 aromatic carbocycles. The normalized spacial score (nSPS) is 11.4. The number of nitriles is 1. The average Bonchev–Trinajstić information content (AvgIpc) is 3.80. The van der Waals surface area contributed by atoms with Gasteiger partial charge in [-0.2, -0.15) is 5.26 Å². The maximum atomic E-state index is 9.70. The molecule has 0 aliphatic carbocycles. The predicted octanol–water partition coefficient (Wildman–Crippen LogP) is 12.5. The molecule has 3 aromatic heterocycles. The van der Waals surface area contributed by atoms with Crippen molar-refractivity contribution in [3.63, 3.8) is 0 Å². The smallest absolute Gasteiger partial charge is 0.160 e. The molecule has 3 heterocycles. The van der Waals surface area contributed by atoms with Crippen molar-refractivity contribution in [1.29, 1.82) is 5.26 Å². The monoisotopic (exact) mass is 665 g/mol. The summed E-state index contributed by atoms with van der Waals surface area (Å²) in [6.07, 6.45) is 0. The molecule has 0 aliphatic heterocycles. The van der Waals surface area contributed by atoms with Gasteiger partial charge in [0.2, 0.25) is 0 Å². The highest BCUT2D eigenvalue weighted by Gasteiger charge is 2.19. The van der Waals surface area contributed by atoms with Crippen molar-refractivity contribution < 1.29 is 8.83 Å².